The normalized spacial score (nSPS) is 23.6. The molecule has 1 saturated carbocycles. The lowest BCUT2D eigenvalue weighted by Gasteiger charge is -2.22. The van der Waals surface area contributed by atoms with Crippen LogP contribution in [-0.2, 0) is 20.0 Å². The average molecular weight is 462 g/mol. The zero-order chi connectivity index (χ0) is 23.4. The number of aliphatic hydroxyl groups excluding tert-OH is 1. The Hall–Kier alpha value is -3.20. The van der Waals surface area contributed by atoms with E-state index in [0.29, 0.717) is 12.1 Å². The number of carbonyl (C=O) groups is 1. The molecular weight excluding hydrogens is 430 g/mol. The second-order valence-electron chi connectivity index (χ2n) is 10.1. The van der Waals surface area contributed by atoms with E-state index in [9.17, 15) is 9.90 Å². The third-order valence-electron chi connectivity index (χ3n) is 7.67. The van der Waals surface area contributed by atoms with Crippen molar-refractivity contribution in [1.29, 1.82) is 0 Å². The Labute approximate surface area is 198 Å². The Balaban J connectivity index is 1.17. The van der Waals surface area contributed by atoms with E-state index in [-0.39, 0.29) is 24.5 Å². The third-order valence-corrected chi connectivity index (χ3v) is 7.67. The summed E-state index contributed by atoms with van der Waals surface area (Å²) < 4.78 is 3.79. The lowest BCUT2D eigenvalue weighted by molar-refractivity contribution is 0.0936. The van der Waals surface area contributed by atoms with Crippen LogP contribution in [0.15, 0.2) is 30.9 Å². The van der Waals surface area contributed by atoms with Crippen molar-refractivity contribution in [1.82, 2.24) is 29.6 Å². The monoisotopic (exact) mass is 461 g/mol. The van der Waals surface area contributed by atoms with Crippen molar-refractivity contribution in [3.63, 3.8) is 0 Å². The number of fused-ring (bicyclic) bond motifs is 2. The maximum atomic E-state index is 12.9. The summed E-state index contributed by atoms with van der Waals surface area (Å²) in [7, 11) is 1.99. The fraction of sp³-hybridized carbons (Fsp3) is 0.520. The minimum absolute atomic E-state index is 0.0400. The molecule has 178 valence electrons. The molecule has 2 N–H and O–H groups in total. The molecule has 3 unspecified atom stereocenters. The lowest BCUT2D eigenvalue weighted by atomic mass is 10.0. The van der Waals surface area contributed by atoms with E-state index in [4.69, 9.17) is 4.98 Å². The number of aliphatic hydroxyl groups is 1. The van der Waals surface area contributed by atoms with Crippen LogP contribution in [0.3, 0.4) is 0 Å². The van der Waals surface area contributed by atoms with E-state index in [2.05, 4.69) is 32.4 Å². The highest BCUT2D eigenvalue weighted by atomic mass is 16.3. The highest BCUT2D eigenvalue weighted by molar-refractivity contribution is 5.94. The van der Waals surface area contributed by atoms with Crippen LogP contribution in [0.25, 0.3) is 0 Å². The summed E-state index contributed by atoms with van der Waals surface area (Å²) in [5, 5.41) is 17.4. The second-order valence-corrected chi connectivity index (χ2v) is 10.1. The van der Waals surface area contributed by atoms with Crippen LogP contribution in [0.2, 0.25) is 0 Å². The number of piperidine rings is 1. The van der Waals surface area contributed by atoms with Gasteiger partial charge >= 0.3 is 0 Å². The molecule has 1 amide bonds. The van der Waals surface area contributed by atoms with Crippen LogP contribution in [0, 0.1) is 11.8 Å². The smallest absolute Gasteiger partial charge is 0.255 e. The molecule has 0 bridgehead atoms. The van der Waals surface area contributed by atoms with Crippen LogP contribution in [0.5, 0.6) is 0 Å². The van der Waals surface area contributed by atoms with Crippen LogP contribution in [-0.4, -0.2) is 55.0 Å². The number of pyridine rings is 1. The molecule has 34 heavy (non-hydrogen) atoms. The highest BCUT2D eigenvalue weighted by Gasteiger charge is 2.45. The molecule has 4 heterocycles. The summed E-state index contributed by atoms with van der Waals surface area (Å²) in [6.07, 6.45) is 8.33. The predicted octanol–water partition coefficient (Wildman–Crippen LogP) is 2.03. The summed E-state index contributed by atoms with van der Waals surface area (Å²) in [4.78, 5) is 24.6. The number of hydrogen-bond donors (Lipinski definition) is 2. The number of nitrogens with one attached hydrogen (secondary N) is 1. The number of aryl methyl sites for hydroxylation is 1. The summed E-state index contributed by atoms with van der Waals surface area (Å²) >= 11 is 0. The van der Waals surface area contributed by atoms with Gasteiger partial charge in [0.15, 0.2) is 0 Å². The van der Waals surface area contributed by atoms with E-state index in [1.807, 2.05) is 18.5 Å². The summed E-state index contributed by atoms with van der Waals surface area (Å²) in [6.45, 7) is 4.70. The first-order valence-corrected chi connectivity index (χ1v) is 12.2. The maximum absolute atomic E-state index is 12.9. The van der Waals surface area contributed by atoms with E-state index in [0.717, 1.165) is 60.5 Å². The van der Waals surface area contributed by atoms with Gasteiger partial charge in [-0.1, -0.05) is 13.0 Å². The summed E-state index contributed by atoms with van der Waals surface area (Å²) in [5.41, 5.74) is 4.59. The Morgan fingerprint density at radius 3 is 2.91 bits per heavy atom. The van der Waals surface area contributed by atoms with Crippen molar-refractivity contribution in [3.05, 3.63) is 59.1 Å². The molecule has 2 fully saturated rings. The number of hydrogen-bond acceptors (Lipinski definition) is 6. The SMILES string of the molecule is CC(CO)c1nc(N2CC3CC3C2)ccc1Cn1cc(C(=O)N[C@@H]2CCc3c2ncn3C)cn1. The van der Waals surface area contributed by atoms with Gasteiger partial charge in [-0.05, 0) is 42.7 Å². The molecule has 0 spiro atoms. The first kappa shape index (κ1) is 21.3. The maximum Gasteiger partial charge on any atom is 0.255 e. The van der Waals surface area contributed by atoms with Gasteiger partial charge in [-0.15, -0.1) is 0 Å². The molecule has 9 nitrogen and oxygen atoms in total. The Bertz CT molecular complexity index is 1220. The van der Waals surface area contributed by atoms with Gasteiger partial charge in [0.25, 0.3) is 5.91 Å². The number of anilines is 1. The van der Waals surface area contributed by atoms with Crippen LogP contribution in [0.4, 0.5) is 5.82 Å². The summed E-state index contributed by atoms with van der Waals surface area (Å²) in [5.74, 6) is 2.46. The van der Waals surface area contributed by atoms with E-state index >= 15 is 0 Å². The number of rotatable bonds is 7. The van der Waals surface area contributed by atoms with Crippen LogP contribution >= 0.6 is 0 Å². The number of imidazole rings is 1. The van der Waals surface area contributed by atoms with Crippen LogP contribution < -0.4 is 10.2 Å². The van der Waals surface area contributed by atoms with Gasteiger partial charge in [0.1, 0.15) is 5.82 Å². The fourth-order valence-electron chi connectivity index (χ4n) is 5.51. The molecule has 1 aliphatic heterocycles. The molecule has 9 heteroatoms. The average Bonchev–Trinajstić information content (AvgIpc) is 3.31. The third kappa shape index (κ3) is 3.77. The van der Waals surface area contributed by atoms with Crippen molar-refractivity contribution in [2.45, 2.75) is 44.7 Å². The Morgan fingerprint density at radius 1 is 1.29 bits per heavy atom. The van der Waals surface area contributed by atoms with Gasteiger partial charge in [0.2, 0.25) is 0 Å². The Morgan fingerprint density at radius 2 is 2.12 bits per heavy atom. The summed E-state index contributed by atoms with van der Waals surface area (Å²) in [6, 6.07) is 4.11. The van der Waals surface area contributed by atoms with Crippen LogP contribution in [0.1, 0.15) is 64.7 Å². The predicted molar refractivity (Wildman–Crippen MR) is 127 cm³/mol. The molecule has 1 saturated heterocycles. The number of aromatic nitrogens is 5. The van der Waals surface area contributed by atoms with Crippen molar-refractivity contribution in [2.24, 2.45) is 18.9 Å². The largest absolute Gasteiger partial charge is 0.396 e. The van der Waals surface area contributed by atoms with E-state index < -0.39 is 0 Å². The quantitative estimate of drug-likeness (QED) is 0.558. The molecule has 3 aromatic heterocycles. The first-order valence-electron chi connectivity index (χ1n) is 12.2. The standard InChI is InChI=1S/C25H31N7O2/c1-15(13-33)23-16(3-6-22(29-23)31-9-17-7-18(17)10-31)11-32-12-19(8-27-32)25(34)28-20-4-5-21-24(20)26-14-30(21)2/h3,6,8,12,14-15,17-18,20,33H,4-5,7,9-11,13H2,1-2H3,(H,28,34)/t15?,17?,18?,20-/m1/s1. The van der Waals surface area contributed by atoms with Gasteiger partial charge in [-0.2, -0.15) is 5.10 Å². The van der Waals surface area contributed by atoms with Crippen molar-refractivity contribution in [2.75, 3.05) is 24.6 Å². The minimum Gasteiger partial charge on any atom is -0.396 e. The number of amides is 1. The zero-order valence-electron chi connectivity index (χ0n) is 19.7. The second kappa shape index (κ2) is 8.23. The van der Waals surface area contributed by atoms with Gasteiger partial charge in [0, 0.05) is 37.9 Å². The molecular formula is C25H31N7O2. The fourth-order valence-corrected chi connectivity index (χ4v) is 5.51. The van der Waals surface area contributed by atoms with Gasteiger partial charge in [-0.3, -0.25) is 9.48 Å². The molecule has 2 aliphatic carbocycles. The zero-order valence-corrected chi connectivity index (χ0v) is 19.7. The number of nitrogens with zero attached hydrogens (tertiary/aromatic N) is 6. The highest BCUT2D eigenvalue weighted by Crippen LogP contribution is 2.46. The van der Waals surface area contributed by atoms with Gasteiger partial charge < -0.3 is 19.9 Å². The minimum atomic E-state index is -0.139. The topological polar surface area (TPSA) is 101 Å². The first-order chi connectivity index (χ1) is 16.5. The van der Waals surface area contributed by atoms with E-state index in [1.165, 1.54) is 12.1 Å². The van der Waals surface area contributed by atoms with Gasteiger partial charge in [0.05, 0.1) is 48.7 Å². The molecule has 4 atom stereocenters. The van der Waals surface area contributed by atoms with Crippen molar-refractivity contribution in [3.8, 4) is 0 Å². The van der Waals surface area contributed by atoms with E-state index in [1.54, 1.807) is 23.4 Å². The molecule has 3 aromatic rings. The van der Waals surface area contributed by atoms with Crippen molar-refractivity contribution < 1.29 is 9.90 Å². The van der Waals surface area contributed by atoms with Crippen molar-refractivity contribution >= 4 is 11.7 Å². The Kier molecular flexibility index (Phi) is 5.17. The molecule has 3 aliphatic rings. The lowest BCUT2D eigenvalue weighted by Crippen LogP contribution is -2.27. The number of carbonyl (C=O) groups excluding carboxylic acids is 1. The molecule has 0 radical (unpaired) electrons. The molecule has 0 aromatic carbocycles. The van der Waals surface area contributed by atoms with Gasteiger partial charge in [-0.25, -0.2) is 9.97 Å². The molecule has 6 rings (SSSR count).